The number of tetrazole rings is 1. The Labute approximate surface area is 764 Å². The first kappa shape index (κ1) is 92.3. The van der Waals surface area contributed by atoms with Gasteiger partial charge in [0.05, 0.1) is 27.4 Å². The van der Waals surface area contributed by atoms with Crippen molar-refractivity contribution in [3.63, 3.8) is 0 Å². The largest absolute Gasteiger partial charge is 0.329 e. The molecule has 3 fully saturated rings. The number of rotatable bonds is 17. The second-order valence-corrected chi connectivity index (χ2v) is 37.7. The van der Waals surface area contributed by atoms with Crippen LogP contribution in [-0.2, 0) is 73.2 Å². The molecule has 16 aromatic rings. The summed E-state index contributed by atoms with van der Waals surface area (Å²) in [5, 5.41) is 27.6. The van der Waals surface area contributed by atoms with Gasteiger partial charge in [0.25, 0.3) is 0 Å². The molecule has 0 N–H and O–H groups in total. The monoisotopic (exact) mass is 2200 g/mol. The summed E-state index contributed by atoms with van der Waals surface area (Å²) in [6.45, 7) is 9.26. The Morgan fingerprint density at radius 3 is 1.29 bits per heavy atom. The van der Waals surface area contributed by atoms with Gasteiger partial charge in [0.2, 0.25) is 0 Å². The molecule has 8 nitrogen and oxygen atoms in total. The zero-order valence-electron chi connectivity index (χ0n) is 69.4. The van der Waals surface area contributed by atoms with E-state index in [0.29, 0.717) is 39.7 Å². The maximum Gasteiger partial charge on any atom is 0.111 e. The van der Waals surface area contributed by atoms with Gasteiger partial charge in [0, 0.05) is 125 Å². The molecule has 629 valence electrons. The van der Waals surface area contributed by atoms with E-state index >= 15 is 0 Å². The van der Waals surface area contributed by atoms with Gasteiger partial charge >= 0.3 is 0 Å². The smallest absolute Gasteiger partial charge is 0.111 e. The Morgan fingerprint density at radius 1 is 0.398 bits per heavy atom. The van der Waals surface area contributed by atoms with Crippen LogP contribution in [0.4, 0.5) is 17.6 Å². The third-order valence-electron chi connectivity index (χ3n) is 24.1. The van der Waals surface area contributed by atoms with Crippen LogP contribution < -0.4 is 36.9 Å². The Kier molecular flexibility index (Phi) is 33.1. The topological polar surface area (TPSA) is 104 Å². The Hall–Kier alpha value is -9.86. The van der Waals surface area contributed by atoms with Gasteiger partial charge in [0.1, 0.15) is 31.8 Å². The third-order valence-corrected chi connectivity index (χ3v) is 29.7. The molecule has 11 aromatic carbocycles. The SMILES string of the molecule is CC(c1cccc(-c2[c-]cc(F)cc2F)n1)C1(C)CCCC1.CC1(Cc2ccnc(-c3[c-]cc(F)cc3F)c2)CCCC1.CC1(Cc2ccnc(-c3[c-]cccc3)c2)CCCCC1.[Ir].[Ir].[Ir].c1ccc(-c2nnn[n-]2)nc1.c1ccc([PH+](c2ccccc2)c2ccc3ccccc3c2-c2c([PH+](c3ccccc3)c3ccccc3)ccc3ccccc23)cc1. The van der Waals surface area contributed by atoms with Crippen LogP contribution in [-0.4, -0.2) is 35.5 Å². The summed E-state index contributed by atoms with van der Waals surface area (Å²) in [6.07, 6.45) is 24.4. The molecule has 3 radical (unpaired) electrons. The summed E-state index contributed by atoms with van der Waals surface area (Å²) in [5.41, 5.74) is 11.7. The van der Waals surface area contributed by atoms with Crippen LogP contribution in [0.2, 0.25) is 0 Å². The molecule has 123 heavy (non-hydrogen) atoms. The molecule has 17 heteroatoms. The van der Waals surface area contributed by atoms with Crippen molar-refractivity contribution in [1.29, 1.82) is 0 Å². The van der Waals surface area contributed by atoms with Crippen molar-refractivity contribution in [3.05, 3.63) is 380 Å². The van der Waals surface area contributed by atoms with Gasteiger partial charge in [-0.05, 0) is 197 Å². The van der Waals surface area contributed by atoms with E-state index in [1.165, 1.54) is 160 Å². The van der Waals surface area contributed by atoms with Gasteiger partial charge < -0.3 is 20.1 Å². The molecule has 0 spiro atoms. The molecule has 1 atom stereocenters. The maximum atomic E-state index is 13.9. The Balaban J connectivity index is 0.000000152. The van der Waals surface area contributed by atoms with E-state index in [-0.39, 0.29) is 76.9 Å². The first-order chi connectivity index (χ1) is 58.6. The van der Waals surface area contributed by atoms with Crippen LogP contribution in [0, 0.1) is 57.7 Å². The fourth-order valence-corrected chi connectivity index (χ4v) is 23.2. The van der Waals surface area contributed by atoms with Gasteiger partial charge in [-0.15, -0.1) is 60.2 Å². The van der Waals surface area contributed by atoms with Crippen molar-refractivity contribution >= 4 is 69.2 Å². The molecule has 0 bridgehead atoms. The summed E-state index contributed by atoms with van der Waals surface area (Å²) < 4.78 is 53.8. The minimum Gasteiger partial charge on any atom is -0.329 e. The minimum absolute atomic E-state index is 0. The van der Waals surface area contributed by atoms with Gasteiger partial charge in [-0.3, -0.25) is 32.9 Å². The number of nitrogens with zero attached hydrogens (tertiary/aromatic N) is 8. The molecule has 0 aliphatic heterocycles. The minimum atomic E-state index is -1.37. The molecule has 0 saturated heterocycles. The second kappa shape index (κ2) is 44.1. The first-order valence-electron chi connectivity index (χ1n) is 41.8. The molecule has 1 unspecified atom stereocenters. The molecule has 5 heterocycles. The van der Waals surface area contributed by atoms with Crippen LogP contribution in [0.5, 0.6) is 0 Å². The molecule has 3 aliphatic carbocycles. The summed E-state index contributed by atoms with van der Waals surface area (Å²) >= 11 is 0. The van der Waals surface area contributed by atoms with Gasteiger partial charge in [-0.2, -0.15) is 5.21 Å². The van der Waals surface area contributed by atoms with Crippen LogP contribution >= 0.6 is 15.8 Å². The van der Waals surface area contributed by atoms with Gasteiger partial charge in [0.15, 0.2) is 0 Å². The van der Waals surface area contributed by atoms with E-state index in [1.807, 2.05) is 60.8 Å². The molecular weight excluding hydrogens is 2100 g/mol. The number of benzene rings is 11. The van der Waals surface area contributed by atoms with E-state index < -0.39 is 39.1 Å². The van der Waals surface area contributed by atoms with Crippen molar-refractivity contribution in [1.82, 2.24) is 40.6 Å². The molecule has 5 aromatic heterocycles. The zero-order chi connectivity index (χ0) is 82.7. The van der Waals surface area contributed by atoms with Crippen molar-refractivity contribution < 1.29 is 77.9 Å². The third kappa shape index (κ3) is 23.4. The van der Waals surface area contributed by atoms with E-state index in [2.05, 4.69) is 299 Å². The Bertz CT molecular complexity index is 5770. The molecule has 3 saturated carbocycles. The number of fused-ring (bicyclic) bond motifs is 2. The van der Waals surface area contributed by atoms with Crippen molar-refractivity contribution in [2.75, 3.05) is 0 Å². The molecule has 0 amide bonds. The number of halogens is 4. The van der Waals surface area contributed by atoms with Crippen molar-refractivity contribution in [2.24, 2.45) is 16.2 Å². The summed E-state index contributed by atoms with van der Waals surface area (Å²) in [7, 11) is -2.74. The number of hydrogen-bond acceptors (Lipinski definition) is 7. The fraction of sp³-hybridized carbons (Fsp3) is 0.217. The summed E-state index contributed by atoms with van der Waals surface area (Å²) in [5.74, 6) is -1.70. The van der Waals surface area contributed by atoms with E-state index in [9.17, 15) is 17.6 Å². The molecular formula is C106H98F4Ir3N8P2-2. The van der Waals surface area contributed by atoms with Crippen molar-refractivity contribution in [3.8, 4) is 56.4 Å². The van der Waals surface area contributed by atoms with Crippen molar-refractivity contribution in [2.45, 2.75) is 130 Å². The van der Waals surface area contributed by atoms with Gasteiger partial charge in [-0.25, -0.2) is 0 Å². The number of pyridine rings is 4. The van der Waals surface area contributed by atoms with Gasteiger partial charge in [-0.1, -0.05) is 271 Å². The fourth-order valence-electron chi connectivity index (χ4n) is 17.7. The average molecular weight is 2200 g/mol. The van der Waals surface area contributed by atoms with E-state index in [1.54, 1.807) is 24.5 Å². The molecule has 19 rings (SSSR count). The predicted octanol–water partition coefficient (Wildman–Crippen LogP) is 24.0. The Morgan fingerprint density at radius 2 is 0.829 bits per heavy atom. The number of hydrogen-bond donors (Lipinski definition) is 0. The van der Waals surface area contributed by atoms with Crippen LogP contribution in [0.3, 0.4) is 0 Å². The quantitative estimate of drug-likeness (QED) is 0.0504. The average Bonchev–Trinajstić information content (AvgIpc) is 1.72. The summed E-state index contributed by atoms with van der Waals surface area (Å²) in [6, 6.07) is 112. The van der Waals surface area contributed by atoms with E-state index in [4.69, 9.17) is 0 Å². The predicted molar refractivity (Wildman–Crippen MR) is 489 cm³/mol. The van der Waals surface area contributed by atoms with Crippen LogP contribution in [0.25, 0.3) is 78.0 Å². The number of aromatic nitrogens is 8. The van der Waals surface area contributed by atoms with E-state index in [0.717, 1.165) is 53.2 Å². The molecule has 3 aliphatic rings. The summed E-state index contributed by atoms with van der Waals surface area (Å²) in [4.78, 5) is 17.3. The van der Waals surface area contributed by atoms with Crippen LogP contribution in [0.1, 0.15) is 134 Å². The normalized spacial score (nSPS) is 14.3. The maximum absolute atomic E-state index is 13.9. The van der Waals surface area contributed by atoms with Crippen LogP contribution in [0.15, 0.2) is 322 Å². The second-order valence-electron chi connectivity index (χ2n) is 32.8. The first-order valence-corrected chi connectivity index (χ1v) is 44.8. The zero-order valence-corrected chi connectivity index (χ0v) is 78.6. The standard InChI is InChI=1S/C44H32P2.C19H20F2N.C19H22N.C18H18F2N.C6H4N5.3Ir/c1-5-19-35(20-6-1)45(36-21-7-2-8-22-36)41-31-29-33-17-13-15-27-39(33)43(41)44-40-28-16-14-18-34(40)30-32-42(44)46(37-23-9-3-10-24-37)38-25-11-4-12-26-38;1-13(19(2)10-3-4-11-19)17-6-5-7-18(22-17)15-9-8-14(20)12-16(15)21;1-19(11-6-3-7-12-19)15-16-10-13-20-18(14-16)17-8-4-2-5-9-17;1-18(7-2-3-8-18)12-13-6-9-21-17(10-13)15-5-4-14(19)11-16(15)20;1-2-4-7-5(3-1)6-8-10-11-9-6;;;/h1-32H;5-8,12-13H,3-4,10-11H2,1-2H3;2,4-5,8,10,13-14H,3,6-7,11-12,15H2,1H3;4,6,9-11H,2-3,7-8,12H2,1H3;1-4H;;;/q;4*-1;;;/p+2.